The van der Waals surface area contributed by atoms with Crippen molar-refractivity contribution in [2.45, 2.75) is 88.4 Å². The van der Waals surface area contributed by atoms with E-state index >= 15 is 0 Å². The van der Waals surface area contributed by atoms with Crippen molar-refractivity contribution >= 4 is 6.03 Å². The lowest BCUT2D eigenvalue weighted by Crippen LogP contribution is -2.53. The Balaban J connectivity index is 1.30. The summed E-state index contributed by atoms with van der Waals surface area (Å²) in [6, 6.07) is 1.82. The molecule has 2 heterocycles. The predicted molar refractivity (Wildman–Crippen MR) is 94.1 cm³/mol. The summed E-state index contributed by atoms with van der Waals surface area (Å²) in [5.41, 5.74) is 0. The maximum atomic E-state index is 13.0. The summed E-state index contributed by atoms with van der Waals surface area (Å²) in [5, 5.41) is 3.35. The molecule has 2 amide bonds. The molecular formula is C19H33N3O2. The summed E-state index contributed by atoms with van der Waals surface area (Å²) < 4.78 is 5.80. The first-order valence-corrected chi connectivity index (χ1v) is 10.2. The number of amides is 2. The lowest BCUT2D eigenvalue weighted by atomic mass is 10.0. The van der Waals surface area contributed by atoms with E-state index in [0.717, 1.165) is 58.0 Å². The molecule has 0 bridgehead atoms. The van der Waals surface area contributed by atoms with Crippen molar-refractivity contribution in [1.82, 2.24) is 15.1 Å². The topological polar surface area (TPSA) is 44.8 Å². The van der Waals surface area contributed by atoms with E-state index in [-0.39, 0.29) is 12.1 Å². The Hall–Kier alpha value is -0.810. The van der Waals surface area contributed by atoms with Crippen LogP contribution in [0.25, 0.3) is 0 Å². The van der Waals surface area contributed by atoms with Crippen LogP contribution in [-0.4, -0.2) is 66.3 Å². The number of likely N-dealkylation sites (tertiary alicyclic amines) is 1. The van der Waals surface area contributed by atoms with Crippen molar-refractivity contribution < 1.29 is 9.53 Å². The van der Waals surface area contributed by atoms with E-state index in [1.807, 2.05) is 0 Å². The van der Waals surface area contributed by atoms with Crippen molar-refractivity contribution in [3.63, 3.8) is 0 Å². The number of hydrogen-bond acceptors (Lipinski definition) is 3. The molecule has 136 valence electrons. The van der Waals surface area contributed by atoms with Gasteiger partial charge in [-0.3, -0.25) is 0 Å². The maximum Gasteiger partial charge on any atom is 0.317 e. The number of carbonyl (C=O) groups is 1. The smallest absolute Gasteiger partial charge is 0.317 e. The Labute approximate surface area is 146 Å². The molecule has 1 atom stereocenters. The Morgan fingerprint density at radius 1 is 1.00 bits per heavy atom. The number of hydrogen-bond donors (Lipinski definition) is 1. The summed E-state index contributed by atoms with van der Waals surface area (Å²) in [7, 11) is 0. The van der Waals surface area contributed by atoms with Gasteiger partial charge >= 0.3 is 6.03 Å². The van der Waals surface area contributed by atoms with Crippen molar-refractivity contribution in [2.24, 2.45) is 0 Å². The van der Waals surface area contributed by atoms with Crippen LogP contribution in [-0.2, 0) is 4.74 Å². The standard InChI is InChI=1S/C19H33N3O2/c23-19(20-15-9-11-21(12-10-15)16-7-8-16)22(17-4-1-2-5-17)14-18-6-3-13-24-18/h15-18H,1-14H2,(H,20,23). The fraction of sp³-hybridized carbons (Fsp3) is 0.947. The molecule has 2 aliphatic carbocycles. The maximum absolute atomic E-state index is 13.0. The second-order valence-corrected chi connectivity index (χ2v) is 8.22. The molecule has 0 aromatic carbocycles. The fourth-order valence-corrected chi connectivity index (χ4v) is 4.73. The Kier molecular flexibility index (Phi) is 5.28. The zero-order valence-corrected chi connectivity index (χ0v) is 14.9. The third kappa shape index (κ3) is 4.05. The minimum atomic E-state index is 0.169. The average Bonchev–Trinajstić information content (AvgIpc) is 3.08. The first-order valence-electron chi connectivity index (χ1n) is 10.2. The van der Waals surface area contributed by atoms with E-state index in [4.69, 9.17) is 4.74 Å². The van der Waals surface area contributed by atoms with Crippen LogP contribution < -0.4 is 5.32 Å². The number of nitrogens with one attached hydrogen (secondary N) is 1. The molecule has 4 aliphatic rings. The number of piperidine rings is 1. The SMILES string of the molecule is O=C(NC1CCN(C2CC2)CC1)N(CC1CCCO1)C1CCCC1. The zero-order valence-electron chi connectivity index (χ0n) is 14.9. The minimum absolute atomic E-state index is 0.169. The second-order valence-electron chi connectivity index (χ2n) is 8.22. The van der Waals surface area contributed by atoms with Gasteiger partial charge in [-0.1, -0.05) is 12.8 Å². The quantitative estimate of drug-likeness (QED) is 0.840. The fourth-order valence-electron chi connectivity index (χ4n) is 4.73. The van der Waals surface area contributed by atoms with Crippen molar-refractivity contribution in [3.05, 3.63) is 0 Å². The van der Waals surface area contributed by atoms with E-state index < -0.39 is 0 Å². The van der Waals surface area contributed by atoms with Gasteiger partial charge in [0.2, 0.25) is 0 Å². The average molecular weight is 335 g/mol. The molecule has 5 heteroatoms. The Morgan fingerprint density at radius 2 is 1.75 bits per heavy atom. The van der Waals surface area contributed by atoms with Crippen LogP contribution in [0, 0.1) is 0 Å². The zero-order chi connectivity index (χ0) is 16.4. The normalized spacial score (nSPS) is 29.9. The Morgan fingerprint density at radius 3 is 2.38 bits per heavy atom. The van der Waals surface area contributed by atoms with E-state index in [1.54, 1.807) is 0 Å². The van der Waals surface area contributed by atoms with Crippen LogP contribution in [0.2, 0.25) is 0 Å². The highest BCUT2D eigenvalue weighted by atomic mass is 16.5. The molecule has 4 rings (SSSR count). The highest BCUT2D eigenvalue weighted by Gasteiger charge is 2.34. The predicted octanol–water partition coefficient (Wildman–Crippen LogP) is 2.75. The molecule has 2 aliphatic heterocycles. The number of nitrogens with zero attached hydrogens (tertiary/aromatic N) is 2. The molecule has 1 N–H and O–H groups in total. The van der Waals surface area contributed by atoms with Crippen molar-refractivity contribution in [3.8, 4) is 0 Å². The summed E-state index contributed by atoms with van der Waals surface area (Å²) in [4.78, 5) is 17.7. The van der Waals surface area contributed by atoms with Crippen LogP contribution in [0.15, 0.2) is 0 Å². The summed E-state index contributed by atoms with van der Waals surface area (Å²) >= 11 is 0. The van der Waals surface area contributed by atoms with E-state index in [2.05, 4.69) is 15.1 Å². The van der Waals surface area contributed by atoms with Gasteiger partial charge < -0.3 is 19.9 Å². The molecule has 0 spiro atoms. The summed E-state index contributed by atoms with van der Waals surface area (Å²) in [6.45, 7) is 3.97. The molecule has 2 saturated heterocycles. The van der Waals surface area contributed by atoms with E-state index in [0.29, 0.717) is 12.1 Å². The molecule has 0 aromatic heterocycles. The Bertz CT molecular complexity index is 420. The summed E-state index contributed by atoms with van der Waals surface area (Å²) in [6.07, 6.45) is 12.4. The van der Waals surface area contributed by atoms with Gasteiger partial charge in [-0.15, -0.1) is 0 Å². The van der Waals surface area contributed by atoms with Gasteiger partial charge in [0.05, 0.1) is 6.10 Å². The number of carbonyl (C=O) groups excluding carboxylic acids is 1. The molecule has 24 heavy (non-hydrogen) atoms. The van der Waals surface area contributed by atoms with Gasteiger partial charge in [0.25, 0.3) is 0 Å². The minimum Gasteiger partial charge on any atom is -0.376 e. The van der Waals surface area contributed by atoms with Gasteiger partial charge in [-0.2, -0.15) is 0 Å². The van der Waals surface area contributed by atoms with E-state index in [1.165, 1.54) is 38.5 Å². The molecule has 0 radical (unpaired) electrons. The van der Waals surface area contributed by atoms with Gasteiger partial charge in [-0.05, 0) is 51.4 Å². The van der Waals surface area contributed by atoms with Gasteiger partial charge in [-0.25, -0.2) is 4.79 Å². The van der Waals surface area contributed by atoms with Crippen LogP contribution in [0.3, 0.4) is 0 Å². The molecule has 0 aromatic rings. The van der Waals surface area contributed by atoms with Gasteiger partial charge in [0.1, 0.15) is 0 Å². The highest BCUT2D eigenvalue weighted by molar-refractivity contribution is 5.75. The number of rotatable bonds is 5. The third-order valence-corrected chi connectivity index (χ3v) is 6.37. The number of ether oxygens (including phenoxy) is 1. The van der Waals surface area contributed by atoms with Crippen LogP contribution in [0.4, 0.5) is 4.79 Å². The van der Waals surface area contributed by atoms with Crippen molar-refractivity contribution in [1.29, 1.82) is 0 Å². The monoisotopic (exact) mass is 335 g/mol. The van der Waals surface area contributed by atoms with Gasteiger partial charge in [0.15, 0.2) is 0 Å². The highest BCUT2D eigenvalue weighted by Crippen LogP contribution is 2.30. The largest absolute Gasteiger partial charge is 0.376 e. The molecular weight excluding hydrogens is 302 g/mol. The first-order chi connectivity index (χ1) is 11.8. The lowest BCUT2D eigenvalue weighted by Gasteiger charge is -2.36. The van der Waals surface area contributed by atoms with Crippen LogP contribution in [0.5, 0.6) is 0 Å². The molecule has 5 nitrogen and oxygen atoms in total. The second kappa shape index (κ2) is 7.61. The molecule has 1 unspecified atom stereocenters. The molecule has 2 saturated carbocycles. The third-order valence-electron chi connectivity index (χ3n) is 6.37. The van der Waals surface area contributed by atoms with Crippen LogP contribution >= 0.6 is 0 Å². The number of urea groups is 1. The summed E-state index contributed by atoms with van der Waals surface area (Å²) in [5.74, 6) is 0. The van der Waals surface area contributed by atoms with Crippen LogP contribution in [0.1, 0.15) is 64.2 Å². The van der Waals surface area contributed by atoms with Gasteiger partial charge in [0, 0.05) is 44.4 Å². The lowest BCUT2D eigenvalue weighted by molar-refractivity contribution is 0.0682. The van der Waals surface area contributed by atoms with E-state index in [9.17, 15) is 4.79 Å². The van der Waals surface area contributed by atoms with Crippen molar-refractivity contribution in [2.75, 3.05) is 26.2 Å². The first kappa shape index (κ1) is 16.6. The molecule has 4 fully saturated rings.